The molecule has 2 N–H and O–H groups in total. The number of benzene rings is 2. The first-order chi connectivity index (χ1) is 10.5. The van der Waals surface area contributed by atoms with Crippen molar-refractivity contribution in [3.05, 3.63) is 65.5 Å². The predicted octanol–water partition coefficient (Wildman–Crippen LogP) is 2.89. The van der Waals surface area contributed by atoms with E-state index in [0.29, 0.717) is 5.69 Å². The molecular formula is C17H17FN2O2. The summed E-state index contributed by atoms with van der Waals surface area (Å²) < 4.78 is 13.1. The molecule has 0 radical (unpaired) electrons. The molecule has 5 heteroatoms. The molecule has 114 valence electrons. The summed E-state index contributed by atoms with van der Waals surface area (Å²) in [5.74, 6) is -1.32. The van der Waals surface area contributed by atoms with E-state index in [9.17, 15) is 14.0 Å². The first-order valence-electron chi connectivity index (χ1n) is 6.90. The van der Waals surface area contributed by atoms with Crippen molar-refractivity contribution in [2.24, 2.45) is 0 Å². The quantitative estimate of drug-likeness (QED) is 0.912. The SMILES string of the molecule is Cc1ccccc1NC(=O)[C@@H](C)NC(=O)c1cccc(F)c1. The van der Waals surface area contributed by atoms with Crippen LogP contribution >= 0.6 is 0 Å². The summed E-state index contributed by atoms with van der Waals surface area (Å²) in [6.45, 7) is 3.45. The molecule has 1 atom stereocenters. The fourth-order valence-electron chi connectivity index (χ4n) is 1.93. The lowest BCUT2D eigenvalue weighted by atomic mass is 10.1. The summed E-state index contributed by atoms with van der Waals surface area (Å²) in [4.78, 5) is 24.1. The van der Waals surface area contributed by atoms with Crippen LogP contribution in [0.15, 0.2) is 48.5 Å². The van der Waals surface area contributed by atoms with E-state index in [0.717, 1.165) is 11.6 Å². The predicted molar refractivity (Wildman–Crippen MR) is 83.1 cm³/mol. The maximum Gasteiger partial charge on any atom is 0.252 e. The van der Waals surface area contributed by atoms with Gasteiger partial charge in [-0.15, -0.1) is 0 Å². The topological polar surface area (TPSA) is 58.2 Å². The zero-order chi connectivity index (χ0) is 16.1. The lowest BCUT2D eigenvalue weighted by Gasteiger charge is -2.15. The van der Waals surface area contributed by atoms with Gasteiger partial charge in [-0.2, -0.15) is 0 Å². The normalized spacial score (nSPS) is 11.6. The van der Waals surface area contributed by atoms with Crippen LogP contribution in [0.4, 0.5) is 10.1 Å². The van der Waals surface area contributed by atoms with Crippen LogP contribution in [0.2, 0.25) is 0 Å². The lowest BCUT2D eigenvalue weighted by molar-refractivity contribution is -0.117. The minimum atomic E-state index is -0.740. The second kappa shape index (κ2) is 6.85. The molecule has 2 aromatic carbocycles. The van der Waals surface area contributed by atoms with Crippen LogP contribution < -0.4 is 10.6 Å². The summed E-state index contributed by atoms with van der Waals surface area (Å²) in [6, 6.07) is 11.9. The highest BCUT2D eigenvalue weighted by Crippen LogP contribution is 2.13. The molecule has 22 heavy (non-hydrogen) atoms. The molecule has 0 saturated heterocycles. The van der Waals surface area contributed by atoms with Crippen LogP contribution in [0.1, 0.15) is 22.8 Å². The molecule has 0 aromatic heterocycles. The molecule has 0 heterocycles. The monoisotopic (exact) mass is 300 g/mol. The Labute approximate surface area is 128 Å². The molecule has 0 saturated carbocycles. The summed E-state index contributed by atoms with van der Waals surface area (Å²) in [7, 11) is 0. The van der Waals surface area contributed by atoms with Crippen LogP contribution in [-0.2, 0) is 4.79 Å². The third-order valence-electron chi connectivity index (χ3n) is 3.23. The zero-order valence-corrected chi connectivity index (χ0v) is 12.4. The number of carbonyl (C=O) groups excluding carboxylic acids is 2. The molecule has 0 aliphatic heterocycles. The highest BCUT2D eigenvalue weighted by atomic mass is 19.1. The Hall–Kier alpha value is -2.69. The van der Waals surface area contributed by atoms with E-state index in [1.165, 1.54) is 18.2 Å². The van der Waals surface area contributed by atoms with Gasteiger partial charge in [-0.05, 0) is 43.7 Å². The Morgan fingerprint density at radius 2 is 1.82 bits per heavy atom. The van der Waals surface area contributed by atoms with Gasteiger partial charge in [0, 0.05) is 11.3 Å². The van der Waals surface area contributed by atoms with Crippen LogP contribution in [-0.4, -0.2) is 17.9 Å². The number of para-hydroxylation sites is 1. The summed E-state index contributed by atoms with van der Waals surface area (Å²) >= 11 is 0. The van der Waals surface area contributed by atoms with Gasteiger partial charge >= 0.3 is 0 Å². The van der Waals surface area contributed by atoms with E-state index < -0.39 is 17.8 Å². The molecule has 2 aromatic rings. The smallest absolute Gasteiger partial charge is 0.252 e. The second-order valence-corrected chi connectivity index (χ2v) is 5.01. The van der Waals surface area contributed by atoms with Crippen LogP contribution in [0.5, 0.6) is 0 Å². The van der Waals surface area contributed by atoms with Gasteiger partial charge in [0.15, 0.2) is 0 Å². The van der Waals surface area contributed by atoms with Gasteiger partial charge in [0.1, 0.15) is 11.9 Å². The first kappa shape index (κ1) is 15.7. The van der Waals surface area contributed by atoms with Crippen LogP contribution in [0.3, 0.4) is 0 Å². The minimum Gasteiger partial charge on any atom is -0.341 e. The van der Waals surface area contributed by atoms with Crippen molar-refractivity contribution in [2.45, 2.75) is 19.9 Å². The maximum absolute atomic E-state index is 13.1. The molecule has 0 fully saturated rings. The molecule has 0 spiro atoms. The third-order valence-corrected chi connectivity index (χ3v) is 3.23. The highest BCUT2D eigenvalue weighted by molar-refractivity contribution is 6.01. The van der Waals surface area contributed by atoms with Gasteiger partial charge in [0.2, 0.25) is 5.91 Å². The van der Waals surface area contributed by atoms with Gasteiger partial charge in [-0.1, -0.05) is 24.3 Å². The number of rotatable bonds is 4. The Bertz CT molecular complexity index is 701. The van der Waals surface area contributed by atoms with E-state index >= 15 is 0 Å². The van der Waals surface area contributed by atoms with Crippen molar-refractivity contribution in [3.8, 4) is 0 Å². The van der Waals surface area contributed by atoms with E-state index in [-0.39, 0.29) is 11.5 Å². The molecule has 2 amide bonds. The molecule has 0 aliphatic rings. The number of aryl methyl sites for hydroxylation is 1. The van der Waals surface area contributed by atoms with E-state index in [1.54, 1.807) is 13.0 Å². The van der Waals surface area contributed by atoms with Crippen molar-refractivity contribution in [3.63, 3.8) is 0 Å². The number of amides is 2. The second-order valence-electron chi connectivity index (χ2n) is 5.01. The average Bonchev–Trinajstić information content (AvgIpc) is 2.49. The summed E-state index contributed by atoms with van der Waals surface area (Å²) in [5, 5.41) is 5.30. The molecule has 4 nitrogen and oxygen atoms in total. The number of hydrogen-bond donors (Lipinski definition) is 2. The number of anilines is 1. The summed E-state index contributed by atoms with van der Waals surface area (Å²) in [5.41, 5.74) is 1.80. The fourth-order valence-corrected chi connectivity index (χ4v) is 1.93. The number of halogens is 1. The van der Waals surface area contributed by atoms with Crippen molar-refractivity contribution in [1.29, 1.82) is 0 Å². The molecule has 0 aliphatic carbocycles. The fraction of sp³-hybridized carbons (Fsp3) is 0.176. The zero-order valence-electron chi connectivity index (χ0n) is 12.4. The lowest BCUT2D eigenvalue weighted by Crippen LogP contribution is -2.41. The average molecular weight is 300 g/mol. The van der Waals surface area contributed by atoms with Crippen LogP contribution in [0, 0.1) is 12.7 Å². The maximum atomic E-state index is 13.1. The molecule has 2 rings (SSSR count). The van der Waals surface area contributed by atoms with Gasteiger partial charge in [-0.3, -0.25) is 9.59 Å². The molecule has 0 unspecified atom stereocenters. The Kier molecular flexibility index (Phi) is 4.88. The Morgan fingerprint density at radius 1 is 1.09 bits per heavy atom. The number of carbonyl (C=O) groups is 2. The standard InChI is InChI=1S/C17H17FN2O2/c1-11-6-3-4-9-15(11)20-16(21)12(2)19-17(22)13-7-5-8-14(18)10-13/h3-10,12H,1-2H3,(H,19,22)(H,20,21)/t12-/m1/s1. The van der Waals surface area contributed by atoms with Gasteiger partial charge in [0.25, 0.3) is 5.91 Å². The highest BCUT2D eigenvalue weighted by Gasteiger charge is 2.17. The van der Waals surface area contributed by atoms with E-state index in [2.05, 4.69) is 10.6 Å². The Balaban J connectivity index is 1.99. The minimum absolute atomic E-state index is 0.176. The number of hydrogen-bond acceptors (Lipinski definition) is 2. The van der Waals surface area contributed by atoms with Crippen molar-refractivity contribution < 1.29 is 14.0 Å². The van der Waals surface area contributed by atoms with Gasteiger partial charge in [0.05, 0.1) is 0 Å². The van der Waals surface area contributed by atoms with E-state index in [4.69, 9.17) is 0 Å². The largest absolute Gasteiger partial charge is 0.341 e. The van der Waals surface area contributed by atoms with Crippen molar-refractivity contribution in [1.82, 2.24) is 5.32 Å². The van der Waals surface area contributed by atoms with Gasteiger partial charge in [-0.25, -0.2) is 4.39 Å². The van der Waals surface area contributed by atoms with Crippen molar-refractivity contribution in [2.75, 3.05) is 5.32 Å². The third kappa shape index (κ3) is 3.91. The van der Waals surface area contributed by atoms with Gasteiger partial charge < -0.3 is 10.6 Å². The van der Waals surface area contributed by atoms with E-state index in [1.807, 2.05) is 25.1 Å². The van der Waals surface area contributed by atoms with Crippen LogP contribution in [0.25, 0.3) is 0 Å². The number of nitrogens with one attached hydrogen (secondary N) is 2. The first-order valence-corrected chi connectivity index (χ1v) is 6.90. The molecular weight excluding hydrogens is 283 g/mol. The Morgan fingerprint density at radius 3 is 2.50 bits per heavy atom. The van der Waals surface area contributed by atoms with Crippen molar-refractivity contribution >= 4 is 17.5 Å². The summed E-state index contributed by atoms with van der Waals surface area (Å²) in [6.07, 6.45) is 0. The molecule has 0 bridgehead atoms.